The van der Waals surface area contributed by atoms with Gasteiger partial charge in [-0.3, -0.25) is 0 Å². The molecule has 0 radical (unpaired) electrons. The minimum Gasteiger partial charge on any atom is -0.493 e. The van der Waals surface area contributed by atoms with Crippen molar-refractivity contribution in [2.24, 2.45) is 5.73 Å². The summed E-state index contributed by atoms with van der Waals surface area (Å²) >= 11 is 3.27. The smallest absolute Gasteiger partial charge is 0.240 e. The summed E-state index contributed by atoms with van der Waals surface area (Å²) in [5, 5.41) is 3.78. The Morgan fingerprint density at radius 2 is 2.28 bits per heavy atom. The van der Waals surface area contributed by atoms with Crippen LogP contribution in [-0.2, 0) is 6.54 Å². The van der Waals surface area contributed by atoms with Gasteiger partial charge in [-0.2, -0.15) is 4.98 Å². The maximum absolute atomic E-state index is 13.8. The van der Waals surface area contributed by atoms with Gasteiger partial charge in [-0.05, 0) is 18.6 Å². The molecule has 2 rings (SSSR count). The molecule has 1 aromatic carbocycles. The van der Waals surface area contributed by atoms with E-state index in [0.29, 0.717) is 10.0 Å². The van der Waals surface area contributed by atoms with E-state index >= 15 is 0 Å². The van der Waals surface area contributed by atoms with E-state index in [4.69, 9.17) is 15.0 Å². The summed E-state index contributed by atoms with van der Waals surface area (Å²) in [4.78, 5) is 4.08. The first-order valence-electron chi connectivity index (χ1n) is 5.14. The molecule has 2 aromatic rings. The van der Waals surface area contributed by atoms with E-state index in [0.717, 1.165) is 5.56 Å². The first-order chi connectivity index (χ1) is 8.58. The average molecular weight is 316 g/mol. The van der Waals surface area contributed by atoms with Crippen LogP contribution in [0.1, 0.15) is 11.5 Å². The quantitative estimate of drug-likeness (QED) is 0.941. The molecule has 0 spiro atoms. The number of methoxy groups -OCH3 is 1. The molecule has 0 saturated carbocycles. The lowest BCUT2D eigenvalue weighted by Crippen LogP contribution is -1.98. The molecule has 5 nitrogen and oxygen atoms in total. The van der Waals surface area contributed by atoms with Crippen LogP contribution in [0, 0.1) is 12.7 Å². The molecular formula is C11H11BrFN3O2. The van der Waals surface area contributed by atoms with Crippen molar-refractivity contribution in [1.29, 1.82) is 0 Å². The van der Waals surface area contributed by atoms with Crippen molar-refractivity contribution in [3.05, 3.63) is 27.8 Å². The second kappa shape index (κ2) is 5.03. The lowest BCUT2D eigenvalue weighted by molar-refractivity contribution is 0.377. The van der Waals surface area contributed by atoms with Crippen molar-refractivity contribution in [2.75, 3.05) is 7.11 Å². The summed E-state index contributed by atoms with van der Waals surface area (Å²) in [7, 11) is 1.39. The second-order valence-electron chi connectivity index (χ2n) is 3.59. The van der Waals surface area contributed by atoms with Gasteiger partial charge in [-0.25, -0.2) is 4.39 Å². The first kappa shape index (κ1) is 13.0. The zero-order valence-corrected chi connectivity index (χ0v) is 11.4. The summed E-state index contributed by atoms with van der Waals surface area (Å²) in [5.74, 6) is 0.126. The normalized spacial score (nSPS) is 10.7. The van der Waals surface area contributed by atoms with Gasteiger partial charge in [0.1, 0.15) is 0 Å². The number of benzene rings is 1. The molecule has 7 heteroatoms. The third-order valence-corrected chi connectivity index (χ3v) is 3.32. The predicted octanol–water partition coefficient (Wildman–Crippen LogP) is 2.41. The summed E-state index contributed by atoms with van der Waals surface area (Å²) in [6.07, 6.45) is 0. The molecule has 0 aliphatic rings. The average Bonchev–Trinajstić information content (AvgIpc) is 2.81. The molecule has 0 aliphatic heterocycles. The van der Waals surface area contributed by atoms with Crippen LogP contribution in [0.5, 0.6) is 5.75 Å². The van der Waals surface area contributed by atoms with Crippen LogP contribution in [-0.4, -0.2) is 17.3 Å². The molecule has 18 heavy (non-hydrogen) atoms. The number of nitrogens with zero attached hydrogens (tertiary/aromatic N) is 2. The van der Waals surface area contributed by atoms with Crippen molar-refractivity contribution in [2.45, 2.75) is 13.5 Å². The Morgan fingerprint density at radius 3 is 2.83 bits per heavy atom. The maximum atomic E-state index is 13.8. The van der Waals surface area contributed by atoms with E-state index in [2.05, 4.69) is 26.1 Å². The van der Waals surface area contributed by atoms with Crippen molar-refractivity contribution in [3.63, 3.8) is 0 Å². The summed E-state index contributed by atoms with van der Waals surface area (Å²) < 4.78 is 24.4. The Labute approximate surface area is 111 Å². The van der Waals surface area contributed by atoms with Crippen LogP contribution in [0.15, 0.2) is 15.1 Å². The standard InChI is InChI=1S/C11H11BrFN3O2/c1-5-6(12)3-7(13)10(17-2)9(5)11-15-8(4-14)18-16-11/h3H,4,14H2,1-2H3. The number of halogens is 2. The monoisotopic (exact) mass is 315 g/mol. The summed E-state index contributed by atoms with van der Waals surface area (Å²) in [6.45, 7) is 1.94. The van der Waals surface area contributed by atoms with Crippen LogP contribution in [0.4, 0.5) is 4.39 Å². The Morgan fingerprint density at radius 1 is 1.56 bits per heavy atom. The maximum Gasteiger partial charge on any atom is 0.240 e. The van der Waals surface area contributed by atoms with Crippen molar-refractivity contribution >= 4 is 15.9 Å². The summed E-state index contributed by atoms with van der Waals surface area (Å²) in [5.41, 5.74) is 6.61. The van der Waals surface area contributed by atoms with Gasteiger partial charge in [0, 0.05) is 4.47 Å². The molecule has 0 bridgehead atoms. The number of hydrogen-bond acceptors (Lipinski definition) is 5. The lowest BCUT2D eigenvalue weighted by Gasteiger charge is -2.11. The molecule has 0 saturated heterocycles. The fraction of sp³-hybridized carbons (Fsp3) is 0.273. The number of ether oxygens (including phenoxy) is 1. The molecule has 0 atom stereocenters. The number of rotatable bonds is 3. The molecule has 2 N–H and O–H groups in total. The Balaban J connectivity index is 2.68. The Kier molecular flexibility index (Phi) is 3.63. The van der Waals surface area contributed by atoms with Gasteiger partial charge in [0.15, 0.2) is 11.6 Å². The molecule has 1 aromatic heterocycles. The highest BCUT2D eigenvalue weighted by atomic mass is 79.9. The fourth-order valence-corrected chi connectivity index (χ4v) is 2.00. The Bertz CT molecular complexity index is 586. The molecule has 0 aliphatic carbocycles. The van der Waals surface area contributed by atoms with E-state index in [1.165, 1.54) is 13.2 Å². The largest absolute Gasteiger partial charge is 0.493 e. The SMILES string of the molecule is COc1c(F)cc(Br)c(C)c1-c1noc(CN)n1. The summed E-state index contributed by atoms with van der Waals surface area (Å²) in [6, 6.07) is 1.33. The minimum atomic E-state index is -0.496. The third-order valence-electron chi connectivity index (χ3n) is 2.50. The third kappa shape index (κ3) is 2.11. The fourth-order valence-electron chi connectivity index (χ4n) is 1.60. The van der Waals surface area contributed by atoms with Gasteiger partial charge >= 0.3 is 0 Å². The second-order valence-corrected chi connectivity index (χ2v) is 4.44. The van der Waals surface area contributed by atoms with Crippen molar-refractivity contribution < 1.29 is 13.7 Å². The molecule has 0 amide bonds. The minimum absolute atomic E-state index is 0.0834. The number of hydrogen-bond donors (Lipinski definition) is 1. The van der Waals surface area contributed by atoms with E-state index in [9.17, 15) is 4.39 Å². The number of aromatic nitrogens is 2. The van der Waals surface area contributed by atoms with Gasteiger partial charge in [0.25, 0.3) is 0 Å². The van der Waals surface area contributed by atoms with Crippen LogP contribution >= 0.6 is 15.9 Å². The van der Waals surface area contributed by atoms with E-state index < -0.39 is 5.82 Å². The van der Waals surface area contributed by atoms with Gasteiger partial charge in [-0.15, -0.1) is 0 Å². The van der Waals surface area contributed by atoms with Crippen molar-refractivity contribution in [3.8, 4) is 17.1 Å². The molecule has 0 unspecified atom stereocenters. The van der Waals surface area contributed by atoms with E-state index in [1.807, 2.05) is 0 Å². The molecule has 1 heterocycles. The highest BCUT2D eigenvalue weighted by Crippen LogP contribution is 2.37. The highest BCUT2D eigenvalue weighted by molar-refractivity contribution is 9.10. The molecular weight excluding hydrogens is 305 g/mol. The number of nitrogens with two attached hydrogens (primary N) is 1. The first-order valence-corrected chi connectivity index (χ1v) is 5.93. The zero-order valence-electron chi connectivity index (χ0n) is 9.83. The van der Waals surface area contributed by atoms with Gasteiger partial charge in [0.2, 0.25) is 11.7 Å². The van der Waals surface area contributed by atoms with E-state index in [-0.39, 0.29) is 24.0 Å². The van der Waals surface area contributed by atoms with Crippen molar-refractivity contribution in [1.82, 2.24) is 10.1 Å². The van der Waals surface area contributed by atoms with Gasteiger partial charge < -0.3 is 15.0 Å². The molecule has 0 fully saturated rings. The Hall–Kier alpha value is -1.47. The van der Waals surface area contributed by atoms with Gasteiger partial charge in [-0.1, -0.05) is 21.1 Å². The van der Waals surface area contributed by atoms with Crippen LogP contribution < -0.4 is 10.5 Å². The topological polar surface area (TPSA) is 74.2 Å². The predicted molar refractivity (Wildman–Crippen MR) is 66.6 cm³/mol. The van der Waals surface area contributed by atoms with Crippen LogP contribution in [0.25, 0.3) is 11.4 Å². The molecule has 96 valence electrons. The van der Waals surface area contributed by atoms with Crippen LogP contribution in [0.3, 0.4) is 0 Å². The van der Waals surface area contributed by atoms with Crippen LogP contribution in [0.2, 0.25) is 0 Å². The van der Waals surface area contributed by atoms with E-state index in [1.54, 1.807) is 6.92 Å². The highest BCUT2D eigenvalue weighted by Gasteiger charge is 2.21. The zero-order chi connectivity index (χ0) is 13.3. The lowest BCUT2D eigenvalue weighted by atomic mass is 10.1. The van der Waals surface area contributed by atoms with Gasteiger partial charge in [0.05, 0.1) is 19.2 Å².